The van der Waals surface area contributed by atoms with Gasteiger partial charge in [-0.3, -0.25) is 4.52 Å². The highest BCUT2D eigenvalue weighted by atomic mass is 32.1. The SMILES string of the molecule is Cc1nc2[nH]c(=S)c([C@@H]3O[C@H](COP(=O)(O)OP(=O)(O)OP(=O)(O)O)[C@H](O)C3O)cc2c(C)c1F. The van der Waals surface area contributed by atoms with Crippen LogP contribution >= 0.6 is 35.7 Å². The Morgan fingerprint density at radius 2 is 1.74 bits per heavy atom. The number of hydrogen-bond acceptors (Lipinski definition) is 11. The van der Waals surface area contributed by atoms with Crippen molar-refractivity contribution in [2.75, 3.05) is 6.61 Å². The Bertz CT molecular complexity index is 1350. The predicted octanol–water partition coefficient (Wildman–Crippen LogP) is 1.55. The Balaban J connectivity index is 1.79. The normalized spacial score (nSPS) is 26.5. The van der Waals surface area contributed by atoms with E-state index in [0.717, 1.165) is 0 Å². The molecular formula is C15H20FN2O13P3S. The van der Waals surface area contributed by atoms with Gasteiger partial charge in [0.15, 0.2) is 0 Å². The summed E-state index contributed by atoms with van der Waals surface area (Å²) in [6.07, 6.45) is -6.16. The highest BCUT2D eigenvalue weighted by Crippen LogP contribution is 2.66. The summed E-state index contributed by atoms with van der Waals surface area (Å²) in [5, 5.41) is 21.1. The number of nitrogens with zero attached hydrogens (tertiary/aromatic N) is 1. The van der Waals surface area contributed by atoms with Crippen molar-refractivity contribution >= 4 is 46.7 Å². The average molecular weight is 580 g/mol. The highest BCUT2D eigenvalue weighted by Gasteiger charge is 2.46. The number of hydrogen-bond donors (Lipinski definition) is 7. The third kappa shape index (κ3) is 6.66. The highest BCUT2D eigenvalue weighted by molar-refractivity contribution is 7.71. The number of aryl methyl sites for hydroxylation is 2. The standard InChI is InChI=1S/C15H20FN2O13P3S/c1-5-7-3-8(15(35)18-14(7)17-6(2)10(5)16)13-12(20)11(19)9(29-13)4-28-33(24,25)31-34(26,27)30-32(21,22)23/h3,9,11-13,19-20H,4H2,1-2H3,(H,24,25)(H,26,27)(H,17,18,35)(H2,21,22,23)/t9-,11+,12?,13+/m1/s1. The van der Waals surface area contributed by atoms with Crippen LogP contribution in [0.3, 0.4) is 0 Å². The monoisotopic (exact) mass is 580 g/mol. The second-order valence-electron chi connectivity index (χ2n) is 7.42. The first kappa shape index (κ1) is 28.6. The first-order chi connectivity index (χ1) is 15.9. The van der Waals surface area contributed by atoms with E-state index in [1.807, 2.05) is 0 Å². The van der Waals surface area contributed by atoms with Gasteiger partial charge in [0.2, 0.25) is 0 Å². The van der Waals surface area contributed by atoms with Crippen molar-refractivity contribution in [1.82, 2.24) is 9.97 Å². The lowest BCUT2D eigenvalue weighted by atomic mass is 10.0. The van der Waals surface area contributed by atoms with Gasteiger partial charge in [-0.25, -0.2) is 23.1 Å². The molecule has 0 radical (unpaired) electrons. The van der Waals surface area contributed by atoms with Crippen LogP contribution in [0.1, 0.15) is 22.9 Å². The smallest absolute Gasteiger partial charge is 0.387 e. The van der Waals surface area contributed by atoms with E-state index in [1.165, 1.54) is 19.9 Å². The van der Waals surface area contributed by atoms with Crippen molar-refractivity contribution in [1.29, 1.82) is 0 Å². The summed E-state index contributed by atoms with van der Waals surface area (Å²) in [7, 11) is -16.8. The third-order valence-corrected chi connectivity index (χ3v) is 9.01. The molecule has 15 nitrogen and oxygen atoms in total. The summed E-state index contributed by atoms with van der Waals surface area (Å²) >= 11 is 5.26. The zero-order chi connectivity index (χ0) is 26.5. The molecule has 7 N–H and O–H groups in total. The molecule has 196 valence electrons. The fourth-order valence-electron chi connectivity index (χ4n) is 3.34. The van der Waals surface area contributed by atoms with Gasteiger partial charge in [-0.05, 0) is 25.5 Å². The number of pyridine rings is 2. The van der Waals surface area contributed by atoms with Gasteiger partial charge in [0.05, 0.1) is 12.3 Å². The van der Waals surface area contributed by atoms with Crippen molar-refractivity contribution in [3.8, 4) is 0 Å². The number of H-pyrrole nitrogens is 1. The molecule has 1 saturated heterocycles. The van der Waals surface area contributed by atoms with E-state index >= 15 is 0 Å². The van der Waals surface area contributed by atoms with E-state index in [1.54, 1.807) is 0 Å². The minimum absolute atomic E-state index is 0.0418. The number of fused-ring (bicyclic) bond motifs is 1. The molecule has 0 aromatic carbocycles. The van der Waals surface area contributed by atoms with Gasteiger partial charge in [-0.2, -0.15) is 8.62 Å². The molecule has 1 fully saturated rings. The maximum atomic E-state index is 14.3. The van der Waals surface area contributed by atoms with E-state index in [9.17, 15) is 38.1 Å². The van der Waals surface area contributed by atoms with Crippen LogP contribution in [0.25, 0.3) is 11.0 Å². The summed E-state index contributed by atoms with van der Waals surface area (Å²) in [5.41, 5.74) is 0.769. The number of phosphoric acid groups is 3. The minimum atomic E-state index is -5.74. The van der Waals surface area contributed by atoms with Gasteiger partial charge in [0.1, 0.15) is 40.5 Å². The number of aromatic amines is 1. The van der Waals surface area contributed by atoms with Gasteiger partial charge in [0.25, 0.3) is 0 Å². The van der Waals surface area contributed by atoms with Crippen LogP contribution in [0, 0.1) is 24.3 Å². The van der Waals surface area contributed by atoms with Crippen LogP contribution in [0.5, 0.6) is 0 Å². The molecule has 0 saturated carbocycles. The van der Waals surface area contributed by atoms with Gasteiger partial charge < -0.3 is 39.5 Å². The molecule has 3 heterocycles. The van der Waals surface area contributed by atoms with Crippen LogP contribution in [0.4, 0.5) is 4.39 Å². The number of aliphatic hydroxyl groups excluding tert-OH is 2. The first-order valence-electron chi connectivity index (χ1n) is 9.40. The molecule has 1 aliphatic heterocycles. The van der Waals surface area contributed by atoms with Crippen molar-refractivity contribution in [2.24, 2.45) is 0 Å². The lowest BCUT2D eigenvalue weighted by Gasteiger charge is -2.19. The maximum Gasteiger partial charge on any atom is 0.490 e. The van der Waals surface area contributed by atoms with Gasteiger partial charge >= 0.3 is 23.5 Å². The van der Waals surface area contributed by atoms with E-state index in [4.69, 9.17) is 26.7 Å². The lowest BCUT2D eigenvalue weighted by molar-refractivity contribution is -0.0224. The minimum Gasteiger partial charge on any atom is -0.387 e. The molecular weight excluding hydrogens is 560 g/mol. The lowest BCUT2D eigenvalue weighted by Crippen LogP contribution is -2.33. The Hall–Kier alpha value is -1.00. The van der Waals surface area contributed by atoms with Crippen LogP contribution in [0.15, 0.2) is 6.07 Å². The molecule has 3 unspecified atom stereocenters. The summed E-state index contributed by atoms with van der Waals surface area (Å²) in [4.78, 5) is 42.7. The Morgan fingerprint density at radius 1 is 1.11 bits per heavy atom. The largest absolute Gasteiger partial charge is 0.490 e. The summed E-state index contributed by atoms with van der Waals surface area (Å²) < 4.78 is 65.4. The fraction of sp³-hybridized carbons (Fsp3) is 0.467. The number of nitrogens with one attached hydrogen (secondary N) is 1. The van der Waals surface area contributed by atoms with Crippen LogP contribution < -0.4 is 0 Å². The predicted molar refractivity (Wildman–Crippen MR) is 116 cm³/mol. The number of rotatable bonds is 8. The summed E-state index contributed by atoms with van der Waals surface area (Å²) in [6.45, 7) is 1.98. The van der Waals surface area contributed by atoms with Gasteiger partial charge in [-0.15, -0.1) is 0 Å². The molecule has 0 amide bonds. The Kier molecular flexibility index (Phi) is 8.20. The fourth-order valence-corrected chi connectivity index (χ4v) is 6.64. The molecule has 0 aliphatic carbocycles. The molecule has 20 heteroatoms. The van der Waals surface area contributed by atoms with Crippen molar-refractivity contribution in [2.45, 2.75) is 38.3 Å². The van der Waals surface area contributed by atoms with Crippen molar-refractivity contribution in [3.05, 3.63) is 33.3 Å². The first-order valence-corrected chi connectivity index (χ1v) is 14.3. The van der Waals surface area contributed by atoms with Crippen molar-refractivity contribution < 1.29 is 65.8 Å². The van der Waals surface area contributed by atoms with Gasteiger partial charge in [0, 0.05) is 10.9 Å². The number of ether oxygens (including phenoxy) is 1. The molecule has 2 aromatic rings. The summed E-state index contributed by atoms with van der Waals surface area (Å²) in [5.74, 6) is -0.559. The molecule has 3 rings (SSSR count). The quantitative estimate of drug-likeness (QED) is 0.173. The van der Waals surface area contributed by atoms with E-state index in [0.29, 0.717) is 5.39 Å². The van der Waals surface area contributed by atoms with Gasteiger partial charge in [-0.1, -0.05) is 12.2 Å². The van der Waals surface area contributed by atoms with Crippen molar-refractivity contribution in [3.63, 3.8) is 0 Å². The number of phosphoric ester groups is 1. The number of halogens is 1. The van der Waals surface area contributed by atoms with Crippen LogP contribution in [0.2, 0.25) is 0 Å². The molecule has 0 spiro atoms. The van der Waals surface area contributed by atoms with Crippen LogP contribution in [-0.2, 0) is 31.6 Å². The topological polar surface area (TPSA) is 238 Å². The van der Waals surface area contributed by atoms with E-state index in [2.05, 4.69) is 23.1 Å². The number of aliphatic hydroxyl groups is 2. The molecule has 0 bridgehead atoms. The third-order valence-electron chi connectivity index (χ3n) is 4.87. The zero-order valence-electron chi connectivity index (χ0n) is 17.7. The second kappa shape index (κ2) is 10.0. The van der Waals surface area contributed by atoms with E-state index in [-0.39, 0.29) is 27.1 Å². The Labute approximate surface area is 200 Å². The molecule has 1 aliphatic rings. The maximum absolute atomic E-state index is 14.3. The molecule has 6 atom stereocenters. The second-order valence-corrected chi connectivity index (χ2v) is 12.2. The average Bonchev–Trinajstić information content (AvgIpc) is 2.96. The van der Waals surface area contributed by atoms with E-state index < -0.39 is 60.3 Å². The summed E-state index contributed by atoms with van der Waals surface area (Å²) in [6, 6.07) is 1.41. The number of aromatic nitrogens is 2. The Morgan fingerprint density at radius 3 is 2.34 bits per heavy atom. The zero-order valence-corrected chi connectivity index (χ0v) is 21.2. The molecule has 35 heavy (non-hydrogen) atoms. The molecule has 2 aromatic heterocycles. The van der Waals surface area contributed by atoms with Crippen LogP contribution in [-0.4, -0.2) is 64.7 Å².